The molecule has 0 aromatic heterocycles. The van der Waals surface area contributed by atoms with Gasteiger partial charge in [-0.2, -0.15) is 11.8 Å². The first-order chi connectivity index (χ1) is 9.19. The van der Waals surface area contributed by atoms with E-state index in [-0.39, 0.29) is 0 Å². The van der Waals surface area contributed by atoms with Crippen molar-refractivity contribution in [1.82, 2.24) is 5.32 Å². The highest BCUT2D eigenvalue weighted by Crippen LogP contribution is 2.29. The topological polar surface area (TPSA) is 58.6 Å². The minimum atomic E-state index is -1.00. The van der Waals surface area contributed by atoms with Crippen molar-refractivity contribution in [3.63, 3.8) is 0 Å². The molecule has 2 rings (SSSR count). The molecule has 4 nitrogen and oxygen atoms in total. The van der Waals surface area contributed by atoms with Crippen molar-refractivity contribution in [2.75, 3.05) is 26.0 Å². The van der Waals surface area contributed by atoms with Crippen LogP contribution < -0.4 is 5.32 Å². The summed E-state index contributed by atoms with van der Waals surface area (Å²) in [6, 6.07) is 9.37. The van der Waals surface area contributed by atoms with Crippen LogP contribution in [0.15, 0.2) is 30.3 Å². The summed E-state index contributed by atoms with van der Waals surface area (Å²) >= 11 is 1.79. The third-order valence-electron chi connectivity index (χ3n) is 3.50. The van der Waals surface area contributed by atoms with Gasteiger partial charge >= 0.3 is 5.97 Å². The van der Waals surface area contributed by atoms with Gasteiger partial charge in [-0.15, -0.1) is 0 Å². The van der Waals surface area contributed by atoms with Crippen LogP contribution >= 0.6 is 11.8 Å². The van der Waals surface area contributed by atoms with Crippen LogP contribution in [0, 0.1) is 0 Å². The van der Waals surface area contributed by atoms with Crippen molar-refractivity contribution >= 4 is 17.7 Å². The fraction of sp³-hybridized carbons (Fsp3) is 0.500. The first-order valence-corrected chi connectivity index (χ1v) is 7.41. The van der Waals surface area contributed by atoms with Crippen LogP contribution in [0.2, 0.25) is 0 Å². The molecule has 1 fully saturated rings. The van der Waals surface area contributed by atoms with Gasteiger partial charge in [0.2, 0.25) is 0 Å². The number of ether oxygens (including phenoxy) is 1. The Bertz CT molecular complexity index is 422. The van der Waals surface area contributed by atoms with Crippen molar-refractivity contribution in [2.45, 2.75) is 17.2 Å². The van der Waals surface area contributed by atoms with Gasteiger partial charge < -0.3 is 15.2 Å². The number of carboxylic acid groups (broad SMARTS) is 1. The molecule has 0 bridgehead atoms. The Kier molecular flexibility index (Phi) is 4.85. The molecule has 0 saturated carbocycles. The quantitative estimate of drug-likeness (QED) is 0.797. The summed E-state index contributed by atoms with van der Waals surface area (Å²) < 4.78 is 5.12. The fourth-order valence-corrected chi connectivity index (χ4v) is 3.30. The lowest BCUT2D eigenvalue weighted by atomic mass is 9.87. The highest BCUT2D eigenvalue weighted by Gasteiger charge is 2.38. The van der Waals surface area contributed by atoms with Crippen molar-refractivity contribution in [1.29, 1.82) is 0 Å². The van der Waals surface area contributed by atoms with Crippen LogP contribution in [0.25, 0.3) is 0 Å². The van der Waals surface area contributed by atoms with Crippen molar-refractivity contribution in [3.8, 4) is 0 Å². The van der Waals surface area contributed by atoms with Gasteiger partial charge in [0.1, 0.15) is 5.54 Å². The zero-order chi connectivity index (χ0) is 13.7. The lowest BCUT2D eigenvalue weighted by Crippen LogP contribution is -2.48. The second-order valence-corrected chi connectivity index (χ2v) is 6.02. The highest BCUT2D eigenvalue weighted by molar-refractivity contribution is 8.00. The van der Waals surface area contributed by atoms with Crippen LogP contribution in [0.5, 0.6) is 0 Å². The molecule has 0 spiro atoms. The van der Waals surface area contributed by atoms with Gasteiger partial charge in [-0.1, -0.05) is 30.3 Å². The lowest BCUT2D eigenvalue weighted by Gasteiger charge is -2.31. The summed E-state index contributed by atoms with van der Waals surface area (Å²) in [4.78, 5) is 11.7. The maximum atomic E-state index is 11.7. The molecule has 1 aliphatic rings. The van der Waals surface area contributed by atoms with E-state index < -0.39 is 11.5 Å². The third kappa shape index (κ3) is 3.11. The molecule has 104 valence electrons. The minimum absolute atomic E-state index is 0.527. The molecule has 1 heterocycles. The summed E-state index contributed by atoms with van der Waals surface area (Å²) in [5.41, 5.74) is -0.200. The second kappa shape index (κ2) is 6.41. The van der Waals surface area contributed by atoms with Gasteiger partial charge in [-0.3, -0.25) is 0 Å². The largest absolute Gasteiger partial charge is 0.480 e. The molecular weight excluding hydrogens is 262 g/mol. The zero-order valence-electron chi connectivity index (χ0n) is 11.0. The summed E-state index contributed by atoms with van der Waals surface area (Å²) in [6.45, 7) is 1.57. The molecular formula is C14H19NO3S. The molecule has 1 aromatic carbocycles. The van der Waals surface area contributed by atoms with E-state index >= 15 is 0 Å². The standard InChI is InChI=1S/C14H19NO3S/c1-15-14(13(16)17,11-5-3-2-4-6-11)7-8-19-12-9-18-10-12/h2-6,12,15H,7-10H2,1H3,(H,16,17). The lowest BCUT2D eigenvalue weighted by molar-refractivity contribution is -0.145. The van der Waals surface area contributed by atoms with E-state index in [2.05, 4.69) is 5.32 Å². The molecule has 1 unspecified atom stereocenters. The van der Waals surface area contributed by atoms with Crippen LogP contribution in [0.1, 0.15) is 12.0 Å². The number of thioether (sulfide) groups is 1. The Morgan fingerprint density at radius 1 is 1.47 bits per heavy atom. The SMILES string of the molecule is CNC(CCSC1COC1)(C(=O)O)c1ccccc1. The molecule has 1 saturated heterocycles. The van der Waals surface area contributed by atoms with Gasteiger partial charge in [0.25, 0.3) is 0 Å². The summed E-state index contributed by atoms with van der Waals surface area (Å²) in [5.74, 6) is -0.0255. The first-order valence-electron chi connectivity index (χ1n) is 6.36. The molecule has 1 atom stereocenters. The Hall–Kier alpha value is -1.04. The number of hydrogen-bond acceptors (Lipinski definition) is 4. The van der Waals surface area contributed by atoms with Gasteiger partial charge in [-0.05, 0) is 24.8 Å². The minimum Gasteiger partial charge on any atom is -0.480 e. The smallest absolute Gasteiger partial charge is 0.328 e. The molecule has 0 aliphatic carbocycles. The Morgan fingerprint density at radius 3 is 2.63 bits per heavy atom. The molecule has 1 aliphatic heterocycles. The molecule has 0 radical (unpaired) electrons. The van der Waals surface area contributed by atoms with E-state index in [1.807, 2.05) is 30.3 Å². The molecule has 2 N–H and O–H groups in total. The molecule has 5 heteroatoms. The van der Waals surface area contributed by atoms with Crippen LogP contribution in [-0.4, -0.2) is 42.3 Å². The van der Waals surface area contributed by atoms with E-state index in [4.69, 9.17) is 4.74 Å². The average Bonchev–Trinajstić information content (AvgIpc) is 2.38. The fourth-order valence-electron chi connectivity index (χ4n) is 2.16. The summed E-state index contributed by atoms with van der Waals surface area (Å²) in [7, 11) is 1.71. The van der Waals surface area contributed by atoms with Crippen LogP contribution in [-0.2, 0) is 15.1 Å². The number of hydrogen-bond donors (Lipinski definition) is 2. The van der Waals surface area contributed by atoms with Gasteiger partial charge in [0, 0.05) is 0 Å². The van der Waals surface area contributed by atoms with Crippen molar-refractivity contribution in [2.24, 2.45) is 0 Å². The predicted molar refractivity (Wildman–Crippen MR) is 76.5 cm³/mol. The van der Waals surface area contributed by atoms with Gasteiger partial charge in [0.05, 0.1) is 18.5 Å². The van der Waals surface area contributed by atoms with E-state index in [0.29, 0.717) is 11.7 Å². The molecule has 19 heavy (non-hydrogen) atoms. The second-order valence-electron chi connectivity index (χ2n) is 4.61. The normalized spacial score (nSPS) is 18.6. The van der Waals surface area contributed by atoms with E-state index in [9.17, 15) is 9.90 Å². The van der Waals surface area contributed by atoms with E-state index in [1.54, 1.807) is 18.8 Å². The number of aliphatic carboxylic acids is 1. The highest BCUT2D eigenvalue weighted by atomic mass is 32.2. The number of nitrogens with one attached hydrogen (secondary N) is 1. The molecule has 1 aromatic rings. The van der Waals surface area contributed by atoms with E-state index in [0.717, 1.165) is 24.5 Å². The Labute approximate surface area is 117 Å². The van der Waals surface area contributed by atoms with Crippen molar-refractivity contribution < 1.29 is 14.6 Å². The third-order valence-corrected chi connectivity index (χ3v) is 4.68. The van der Waals surface area contributed by atoms with Crippen LogP contribution in [0.3, 0.4) is 0 Å². The maximum Gasteiger partial charge on any atom is 0.328 e. The first kappa shape index (κ1) is 14.4. The number of benzene rings is 1. The number of rotatable bonds is 7. The Morgan fingerprint density at radius 2 is 2.16 bits per heavy atom. The molecule has 0 amide bonds. The van der Waals surface area contributed by atoms with Crippen LogP contribution in [0.4, 0.5) is 0 Å². The van der Waals surface area contributed by atoms with Gasteiger partial charge in [0.15, 0.2) is 0 Å². The number of carbonyl (C=O) groups is 1. The average molecular weight is 281 g/mol. The zero-order valence-corrected chi connectivity index (χ0v) is 11.8. The number of carboxylic acids is 1. The van der Waals surface area contributed by atoms with E-state index in [1.165, 1.54) is 0 Å². The van der Waals surface area contributed by atoms with Crippen molar-refractivity contribution in [3.05, 3.63) is 35.9 Å². The summed E-state index contributed by atoms with van der Waals surface area (Å²) in [5, 5.41) is 13.1. The van der Waals surface area contributed by atoms with Gasteiger partial charge in [-0.25, -0.2) is 4.79 Å². The summed E-state index contributed by atoms with van der Waals surface area (Å²) in [6.07, 6.45) is 0.560. The Balaban J connectivity index is 2.07. The number of likely N-dealkylation sites (N-methyl/N-ethyl adjacent to an activating group) is 1. The predicted octanol–water partition coefficient (Wildman–Crippen LogP) is 1.71. The monoisotopic (exact) mass is 281 g/mol. The maximum absolute atomic E-state index is 11.7.